The quantitative estimate of drug-likeness (QED) is 0.454. The third kappa shape index (κ3) is 8.74. The van der Waals surface area contributed by atoms with Crippen molar-refractivity contribution in [1.82, 2.24) is 0 Å². The number of halogens is 1. The summed E-state index contributed by atoms with van der Waals surface area (Å²) in [5.74, 6) is 0. The van der Waals surface area contributed by atoms with Crippen LogP contribution in [0.3, 0.4) is 0 Å². The molecule has 0 unspecified atom stereocenters. The van der Waals surface area contributed by atoms with Crippen LogP contribution in [0, 0.1) is 6.92 Å². The van der Waals surface area contributed by atoms with Crippen molar-refractivity contribution < 1.29 is 13.0 Å². The summed E-state index contributed by atoms with van der Waals surface area (Å²) in [6.07, 6.45) is 0. The van der Waals surface area contributed by atoms with Crippen molar-refractivity contribution in [3.05, 3.63) is 66.2 Å². The van der Waals surface area contributed by atoms with E-state index in [-0.39, 0.29) is 4.90 Å². The second-order valence-electron chi connectivity index (χ2n) is 3.44. The molecule has 0 aliphatic carbocycles. The average molecular weight is 392 g/mol. The maximum absolute atomic E-state index is 10.5. The molecular formula is C14H17IO3S. The minimum absolute atomic E-state index is 0.0666. The largest absolute Gasteiger partial charge is 0.294 e. The number of alkyl halides is 1. The van der Waals surface area contributed by atoms with Crippen molar-refractivity contribution in [3.63, 3.8) is 0 Å². The van der Waals surface area contributed by atoms with Crippen molar-refractivity contribution in [1.29, 1.82) is 0 Å². The Bertz CT molecular complexity index is 510. The molecule has 104 valence electrons. The van der Waals surface area contributed by atoms with Crippen LogP contribution < -0.4 is 0 Å². The molecule has 2 aromatic carbocycles. The number of rotatable bonds is 1. The maximum atomic E-state index is 10.5. The van der Waals surface area contributed by atoms with Gasteiger partial charge in [-0.2, -0.15) is 8.42 Å². The van der Waals surface area contributed by atoms with Crippen LogP contribution in [0.5, 0.6) is 0 Å². The standard InChI is InChI=1S/C7H8O3S.C6H6.CH3I/c1-6-2-4-7(5-3-6)11(8,9)10;1-2-4-6-5-3-1;1-2/h2-5H,1H3,(H,8,9,10);1-6H;1H3. The van der Waals surface area contributed by atoms with Crippen LogP contribution >= 0.6 is 22.6 Å². The highest BCUT2D eigenvalue weighted by molar-refractivity contribution is 14.1. The van der Waals surface area contributed by atoms with Crippen LogP contribution in [0.1, 0.15) is 5.56 Å². The lowest BCUT2D eigenvalue weighted by molar-refractivity contribution is 0.483. The van der Waals surface area contributed by atoms with Gasteiger partial charge in [0, 0.05) is 0 Å². The maximum Gasteiger partial charge on any atom is 0.294 e. The van der Waals surface area contributed by atoms with Crippen molar-refractivity contribution in [2.24, 2.45) is 0 Å². The van der Waals surface area contributed by atoms with E-state index in [0.29, 0.717) is 0 Å². The molecule has 0 radical (unpaired) electrons. The Labute approximate surface area is 128 Å². The molecule has 0 atom stereocenters. The predicted molar refractivity (Wildman–Crippen MR) is 87.4 cm³/mol. The molecule has 0 amide bonds. The summed E-state index contributed by atoms with van der Waals surface area (Å²) in [4.78, 5) is 1.90. The van der Waals surface area contributed by atoms with Crippen molar-refractivity contribution in [2.45, 2.75) is 11.8 Å². The Morgan fingerprint density at radius 2 is 1.16 bits per heavy atom. The van der Waals surface area contributed by atoms with Crippen LogP contribution in [0.15, 0.2) is 65.6 Å². The van der Waals surface area contributed by atoms with Gasteiger partial charge in [0.25, 0.3) is 10.1 Å². The summed E-state index contributed by atoms with van der Waals surface area (Å²) in [7, 11) is -4.02. The van der Waals surface area contributed by atoms with Gasteiger partial charge in [0.1, 0.15) is 0 Å². The number of hydrogen-bond acceptors (Lipinski definition) is 2. The second kappa shape index (κ2) is 9.94. The zero-order valence-corrected chi connectivity index (χ0v) is 13.8. The molecule has 0 aliphatic heterocycles. The summed E-state index contributed by atoms with van der Waals surface area (Å²) in [6, 6.07) is 18.0. The molecule has 3 nitrogen and oxygen atoms in total. The van der Waals surface area contributed by atoms with Gasteiger partial charge in [-0.15, -0.1) is 0 Å². The molecule has 2 rings (SSSR count). The SMILES string of the molecule is CI.Cc1ccc(S(=O)(=O)O)cc1.c1ccccc1. The minimum atomic E-state index is -4.02. The van der Waals surface area contributed by atoms with Gasteiger partial charge >= 0.3 is 0 Å². The Morgan fingerprint density at radius 3 is 1.42 bits per heavy atom. The molecule has 19 heavy (non-hydrogen) atoms. The third-order valence-corrected chi connectivity index (χ3v) is 2.85. The van der Waals surface area contributed by atoms with Gasteiger partial charge in [-0.3, -0.25) is 4.55 Å². The van der Waals surface area contributed by atoms with Gasteiger partial charge < -0.3 is 0 Å². The third-order valence-electron chi connectivity index (χ3n) is 1.99. The average Bonchev–Trinajstić information content (AvgIpc) is 2.43. The molecule has 5 heteroatoms. The topological polar surface area (TPSA) is 54.4 Å². The Kier molecular flexibility index (Phi) is 9.46. The number of benzene rings is 2. The van der Waals surface area contributed by atoms with Gasteiger partial charge in [0.15, 0.2) is 0 Å². The number of aryl methyl sites for hydroxylation is 1. The van der Waals surface area contributed by atoms with Crippen LogP contribution in [-0.2, 0) is 10.1 Å². The molecule has 0 aliphatic rings. The van der Waals surface area contributed by atoms with Gasteiger partial charge in [-0.05, 0) is 24.0 Å². The summed E-state index contributed by atoms with van der Waals surface area (Å²) in [5, 5.41) is 0. The van der Waals surface area contributed by atoms with Crippen molar-refractivity contribution in [3.8, 4) is 0 Å². The van der Waals surface area contributed by atoms with Crippen LogP contribution in [0.4, 0.5) is 0 Å². The Balaban J connectivity index is 0.000000341. The molecule has 0 heterocycles. The van der Waals surface area contributed by atoms with E-state index in [2.05, 4.69) is 22.6 Å². The van der Waals surface area contributed by atoms with Crippen LogP contribution in [-0.4, -0.2) is 17.9 Å². The Hall–Kier alpha value is -0.920. The van der Waals surface area contributed by atoms with Crippen LogP contribution in [0.2, 0.25) is 0 Å². The van der Waals surface area contributed by atoms with Crippen LogP contribution in [0.25, 0.3) is 0 Å². The first-order chi connectivity index (χ1) is 9.00. The predicted octanol–water partition coefficient (Wildman–Crippen LogP) is 3.98. The van der Waals surface area contributed by atoms with Gasteiger partial charge in [0.2, 0.25) is 0 Å². The molecule has 2 aromatic rings. The lowest BCUT2D eigenvalue weighted by Crippen LogP contribution is -1.96. The summed E-state index contributed by atoms with van der Waals surface area (Å²) in [5.41, 5.74) is 0.956. The normalized spacial score (nSPS) is 9.47. The van der Waals surface area contributed by atoms with E-state index in [1.54, 1.807) is 12.1 Å². The fraction of sp³-hybridized carbons (Fsp3) is 0.143. The van der Waals surface area contributed by atoms with E-state index in [1.807, 2.05) is 48.3 Å². The number of hydrogen-bond donors (Lipinski definition) is 1. The summed E-state index contributed by atoms with van der Waals surface area (Å²) >= 11 is 2.15. The Morgan fingerprint density at radius 1 is 0.842 bits per heavy atom. The van der Waals surface area contributed by atoms with Gasteiger partial charge in [-0.1, -0.05) is 76.7 Å². The fourth-order valence-corrected chi connectivity index (χ4v) is 1.58. The molecule has 0 saturated heterocycles. The molecule has 0 aromatic heterocycles. The van der Waals surface area contributed by atoms with Crippen molar-refractivity contribution >= 4 is 32.7 Å². The zero-order chi connectivity index (χ0) is 14.7. The van der Waals surface area contributed by atoms with Gasteiger partial charge in [-0.25, -0.2) is 0 Å². The van der Waals surface area contributed by atoms with E-state index in [1.165, 1.54) is 12.1 Å². The van der Waals surface area contributed by atoms with Crippen molar-refractivity contribution in [2.75, 3.05) is 4.93 Å². The molecule has 1 N–H and O–H groups in total. The highest BCUT2D eigenvalue weighted by Crippen LogP contribution is 2.08. The van der Waals surface area contributed by atoms with E-state index in [0.717, 1.165) is 5.56 Å². The minimum Gasteiger partial charge on any atom is -0.282 e. The summed E-state index contributed by atoms with van der Waals surface area (Å²) in [6.45, 7) is 1.84. The van der Waals surface area contributed by atoms with E-state index < -0.39 is 10.1 Å². The molecule has 0 saturated carbocycles. The van der Waals surface area contributed by atoms with E-state index in [4.69, 9.17) is 4.55 Å². The second-order valence-corrected chi connectivity index (χ2v) is 4.86. The van der Waals surface area contributed by atoms with E-state index >= 15 is 0 Å². The lowest BCUT2D eigenvalue weighted by Gasteiger charge is -1.95. The smallest absolute Gasteiger partial charge is 0.282 e. The lowest BCUT2D eigenvalue weighted by atomic mass is 10.2. The fourth-order valence-electron chi connectivity index (χ4n) is 1.10. The zero-order valence-electron chi connectivity index (χ0n) is 10.8. The monoisotopic (exact) mass is 392 g/mol. The first-order valence-electron chi connectivity index (χ1n) is 5.42. The van der Waals surface area contributed by atoms with E-state index in [9.17, 15) is 8.42 Å². The van der Waals surface area contributed by atoms with Gasteiger partial charge in [0.05, 0.1) is 4.90 Å². The molecule has 0 bridgehead atoms. The molecule has 0 spiro atoms. The molecular weight excluding hydrogens is 375 g/mol. The highest BCUT2D eigenvalue weighted by atomic mass is 127. The molecule has 0 fully saturated rings. The summed E-state index contributed by atoms with van der Waals surface area (Å²) < 4.78 is 29.6. The first kappa shape index (κ1) is 18.1. The highest BCUT2D eigenvalue weighted by Gasteiger charge is 2.06. The first-order valence-corrected chi connectivity index (χ1v) is 9.02.